The van der Waals surface area contributed by atoms with Gasteiger partial charge in [-0.25, -0.2) is 0 Å². The molecule has 2 rings (SSSR count). The van der Waals surface area contributed by atoms with E-state index in [1.165, 1.54) is 0 Å². The van der Waals surface area contributed by atoms with Crippen LogP contribution in [0.1, 0.15) is 5.01 Å². The molecule has 2 aromatic rings. The molecule has 108 valence electrons. The van der Waals surface area contributed by atoms with E-state index in [-0.39, 0.29) is 0 Å². The van der Waals surface area contributed by atoms with Crippen molar-refractivity contribution in [3.8, 4) is 10.6 Å². The van der Waals surface area contributed by atoms with Gasteiger partial charge >= 0.3 is 0 Å². The van der Waals surface area contributed by atoms with Crippen LogP contribution in [-0.4, -0.2) is 37.0 Å². The molecule has 0 spiro atoms. The van der Waals surface area contributed by atoms with Gasteiger partial charge in [0, 0.05) is 36.7 Å². The number of ether oxygens (including phenoxy) is 1. The summed E-state index contributed by atoms with van der Waals surface area (Å²) in [6.07, 6.45) is 0.854. The number of hydrogen-bond donors (Lipinski definition) is 1. The molecule has 1 aromatic heterocycles. The highest BCUT2D eigenvalue weighted by Gasteiger charge is 2.11. The van der Waals surface area contributed by atoms with Gasteiger partial charge in [0.2, 0.25) is 0 Å². The third kappa shape index (κ3) is 4.23. The van der Waals surface area contributed by atoms with Crippen molar-refractivity contribution >= 4 is 38.9 Å². The van der Waals surface area contributed by atoms with Crippen molar-refractivity contribution in [1.29, 1.82) is 0 Å². The quantitative estimate of drug-likeness (QED) is 0.752. The number of nitrogens with zero attached hydrogens (tertiary/aromatic N) is 2. The van der Waals surface area contributed by atoms with E-state index in [9.17, 15) is 0 Å². The molecule has 0 saturated heterocycles. The summed E-state index contributed by atoms with van der Waals surface area (Å²) in [5.74, 6) is 0. The second-order valence-electron chi connectivity index (χ2n) is 4.10. The number of nitrogens with one attached hydrogen (secondary N) is 1. The Labute approximate surface area is 135 Å². The zero-order valence-corrected chi connectivity index (χ0v) is 14.2. The number of rotatable bonds is 7. The molecule has 0 amide bonds. The normalized spacial score (nSPS) is 10.9. The lowest BCUT2D eigenvalue weighted by molar-refractivity contribution is 0.199. The predicted molar refractivity (Wildman–Crippen MR) is 86.5 cm³/mol. The molecule has 7 heteroatoms. The van der Waals surface area contributed by atoms with Crippen LogP contribution in [0.5, 0.6) is 0 Å². The van der Waals surface area contributed by atoms with E-state index in [1.807, 2.05) is 18.2 Å². The molecule has 0 aliphatic rings. The van der Waals surface area contributed by atoms with Gasteiger partial charge in [0.15, 0.2) is 0 Å². The van der Waals surface area contributed by atoms with E-state index in [0.29, 0.717) is 5.02 Å². The fourth-order valence-electron chi connectivity index (χ4n) is 1.63. The van der Waals surface area contributed by atoms with Crippen LogP contribution in [0, 0.1) is 0 Å². The molecule has 1 aromatic carbocycles. The molecule has 0 aliphatic heterocycles. The molecule has 0 bridgehead atoms. The summed E-state index contributed by atoms with van der Waals surface area (Å²) in [7, 11) is 1.69. The van der Waals surface area contributed by atoms with Crippen LogP contribution in [0.15, 0.2) is 22.7 Å². The van der Waals surface area contributed by atoms with Crippen molar-refractivity contribution in [3.63, 3.8) is 0 Å². The molecule has 4 nitrogen and oxygen atoms in total. The molecule has 0 radical (unpaired) electrons. The summed E-state index contributed by atoms with van der Waals surface area (Å²) >= 11 is 11.3. The Hall–Kier alpha value is -0.530. The Morgan fingerprint density at radius 2 is 2.20 bits per heavy atom. The van der Waals surface area contributed by atoms with E-state index < -0.39 is 0 Å². The smallest absolute Gasteiger partial charge is 0.149 e. The van der Waals surface area contributed by atoms with Gasteiger partial charge in [0.25, 0.3) is 0 Å². The number of aromatic nitrogens is 2. The topological polar surface area (TPSA) is 47.0 Å². The van der Waals surface area contributed by atoms with E-state index in [4.69, 9.17) is 16.3 Å². The van der Waals surface area contributed by atoms with Gasteiger partial charge in [-0.1, -0.05) is 35.1 Å². The first-order chi connectivity index (χ1) is 9.72. The fourth-order valence-corrected chi connectivity index (χ4v) is 3.14. The minimum absolute atomic E-state index is 0.674. The lowest BCUT2D eigenvalue weighted by atomic mass is 10.2. The molecule has 0 aliphatic carbocycles. The largest absolute Gasteiger partial charge is 0.383 e. The van der Waals surface area contributed by atoms with Gasteiger partial charge in [-0.3, -0.25) is 0 Å². The Morgan fingerprint density at radius 3 is 3.00 bits per heavy atom. The van der Waals surface area contributed by atoms with Gasteiger partial charge < -0.3 is 10.1 Å². The fraction of sp³-hybridized carbons (Fsp3) is 0.385. The van der Waals surface area contributed by atoms with Crippen LogP contribution >= 0.6 is 38.9 Å². The van der Waals surface area contributed by atoms with Crippen LogP contribution in [0.3, 0.4) is 0 Å². The van der Waals surface area contributed by atoms with Crippen molar-refractivity contribution < 1.29 is 4.74 Å². The molecule has 1 N–H and O–H groups in total. The van der Waals surface area contributed by atoms with Gasteiger partial charge in [-0.15, -0.1) is 10.2 Å². The van der Waals surface area contributed by atoms with Crippen LogP contribution < -0.4 is 5.32 Å². The summed E-state index contributed by atoms with van der Waals surface area (Å²) in [5, 5.41) is 14.2. The highest BCUT2D eigenvalue weighted by Crippen LogP contribution is 2.34. The van der Waals surface area contributed by atoms with Gasteiger partial charge in [-0.05, 0) is 22.0 Å². The standard InChI is InChI=1S/C13H15BrClN3OS/c1-19-8-7-16-6-5-11-17-18-13(20-11)9-3-2-4-10(14)12(9)15/h2-4,16H,5-8H2,1H3. The molecule has 1 heterocycles. The summed E-state index contributed by atoms with van der Waals surface area (Å²) in [4.78, 5) is 0. The van der Waals surface area contributed by atoms with Gasteiger partial charge in [-0.2, -0.15) is 0 Å². The Morgan fingerprint density at radius 1 is 1.35 bits per heavy atom. The van der Waals surface area contributed by atoms with Crippen molar-refractivity contribution in [2.24, 2.45) is 0 Å². The number of benzene rings is 1. The molecule has 0 fully saturated rings. The minimum Gasteiger partial charge on any atom is -0.383 e. The highest BCUT2D eigenvalue weighted by molar-refractivity contribution is 9.10. The molecule has 0 saturated carbocycles. The molecule has 0 atom stereocenters. The zero-order valence-electron chi connectivity index (χ0n) is 11.0. The van der Waals surface area contributed by atoms with Crippen LogP contribution in [0.2, 0.25) is 5.02 Å². The molecular weight excluding hydrogens is 362 g/mol. The second-order valence-corrected chi connectivity index (χ2v) is 6.39. The third-order valence-electron chi connectivity index (χ3n) is 2.65. The summed E-state index contributed by atoms with van der Waals surface area (Å²) in [6.45, 7) is 2.43. The Bertz CT molecular complexity index is 564. The Kier molecular flexibility index (Phi) is 6.38. The highest BCUT2D eigenvalue weighted by atomic mass is 79.9. The van der Waals surface area contributed by atoms with Gasteiger partial charge in [0.1, 0.15) is 10.0 Å². The maximum atomic E-state index is 6.26. The number of methoxy groups -OCH3 is 1. The van der Waals surface area contributed by atoms with Crippen LogP contribution in [0.4, 0.5) is 0 Å². The maximum Gasteiger partial charge on any atom is 0.149 e. The average molecular weight is 377 g/mol. The monoisotopic (exact) mass is 375 g/mol. The summed E-state index contributed by atoms with van der Waals surface area (Å²) < 4.78 is 5.84. The first-order valence-corrected chi connectivity index (χ1v) is 8.17. The average Bonchev–Trinajstić information content (AvgIpc) is 2.90. The number of hydrogen-bond acceptors (Lipinski definition) is 5. The van der Waals surface area contributed by atoms with Crippen molar-refractivity contribution in [2.45, 2.75) is 6.42 Å². The Balaban J connectivity index is 1.97. The van der Waals surface area contributed by atoms with E-state index in [1.54, 1.807) is 18.4 Å². The lowest BCUT2D eigenvalue weighted by Crippen LogP contribution is -2.21. The van der Waals surface area contributed by atoms with Crippen molar-refractivity contribution in [2.75, 3.05) is 26.8 Å². The third-order valence-corrected chi connectivity index (χ3v) is 4.96. The predicted octanol–water partition coefficient (Wildman–Crippen LogP) is 3.40. The van der Waals surface area contributed by atoms with Crippen molar-refractivity contribution in [1.82, 2.24) is 15.5 Å². The van der Waals surface area contributed by atoms with Crippen molar-refractivity contribution in [3.05, 3.63) is 32.7 Å². The van der Waals surface area contributed by atoms with E-state index in [0.717, 1.165) is 46.2 Å². The summed E-state index contributed by atoms with van der Waals surface area (Å²) in [6, 6.07) is 5.81. The minimum atomic E-state index is 0.674. The first kappa shape index (κ1) is 15.9. The van der Waals surface area contributed by atoms with Crippen LogP contribution in [-0.2, 0) is 11.2 Å². The summed E-state index contributed by atoms with van der Waals surface area (Å²) in [5.41, 5.74) is 0.914. The molecule has 20 heavy (non-hydrogen) atoms. The lowest BCUT2D eigenvalue weighted by Gasteiger charge is -2.01. The zero-order chi connectivity index (χ0) is 14.4. The molecular formula is C13H15BrClN3OS. The number of halogens is 2. The van der Waals surface area contributed by atoms with E-state index >= 15 is 0 Å². The van der Waals surface area contributed by atoms with Crippen LogP contribution in [0.25, 0.3) is 10.6 Å². The molecule has 0 unspecified atom stereocenters. The SMILES string of the molecule is COCCNCCc1nnc(-c2cccc(Br)c2Cl)s1. The maximum absolute atomic E-state index is 6.26. The van der Waals surface area contributed by atoms with Gasteiger partial charge in [0.05, 0.1) is 11.6 Å². The first-order valence-electron chi connectivity index (χ1n) is 6.19. The second kappa shape index (κ2) is 8.05. The van der Waals surface area contributed by atoms with E-state index in [2.05, 4.69) is 31.4 Å².